The summed E-state index contributed by atoms with van der Waals surface area (Å²) in [6.45, 7) is 5.12. The fourth-order valence-corrected chi connectivity index (χ4v) is 4.48. The van der Waals surface area contributed by atoms with Crippen molar-refractivity contribution in [3.63, 3.8) is 0 Å². The van der Waals surface area contributed by atoms with Gasteiger partial charge in [-0.05, 0) is 55.8 Å². The average Bonchev–Trinajstić information content (AvgIpc) is 2.99. The van der Waals surface area contributed by atoms with Crippen molar-refractivity contribution in [2.45, 2.75) is 31.7 Å². The van der Waals surface area contributed by atoms with E-state index in [2.05, 4.69) is 4.99 Å². The Kier molecular flexibility index (Phi) is 5.97. The number of sulfonamides is 1. The van der Waals surface area contributed by atoms with Gasteiger partial charge in [0, 0.05) is 12.1 Å². The summed E-state index contributed by atoms with van der Waals surface area (Å²) in [4.78, 5) is 17.4. The molecule has 0 bridgehead atoms. The molecule has 0 spiro atoms. The lowest BCUT2D eigenvalue weighted by Crippen LogP contribution is -2.17. The highest BCUT2D eigenvalue weighted by Gasteiger charge is 2.13. The second-order valence-corrected chi connectivity index (χ2v) is 8.66. The Hall–Kier alpha value is -2.49. The summed E-state index contributed by atoms with van der Waals surface area (Å²) in [5.41, 5.74) is 1.27. The third kappa shape index (κ3) is 4.32. The van der Waals surface area contributed by atoms with Crippen molar-refractivity contribution in [2.24, 2.45) is 10.1 Å². The molecule has 0 saturated carbocycles. The van der Waals surface area contributed by atoms with Gasteiger partial charge in [-0.1, -0.05) is 18.3 Å². The van der Waals surface area contributed by atoms with E-state index in [-0.39, 0.29) is 10.8 Å². The van der Waals surface area contributed by atoms with E-state index in [0.29, 0.717) is 34.0 Å². The van der Waals surface area contributed by atoms with Gasteiger partial charge in [0.2, 0.25) is 10.0 Å². The van der Waals surface area contributed by atoms with Gasteiger partial charge in [-0.25, -0.2) is 13.6 Å². The number of primary sulfonamides is 1. The molecule has 0 atom stereocenters. The summed E-state index contributed by atoms with van der Waals surface area (Å²) in [6.07, 6.45) is 0.840. The van der Waals surface area contributed by atoms with Crippen molar-refractivity contribution in [3.05, 3.63) is 52.8 Å². The number of fused-ring (bicyclic) bond motifs is 1. The van der Waals surface area contributed by atoms with E-state index in [1.807, 2.05) is 18.4 Å². The molecule has 0 aliphatic rings. The summed E-state index contributed by atoms with van der Waals surface area (Å²) in [6, 6.07) is 11.5. The molecule has 1 amide bonds. The average molecular weight is 420 g/mol. The molecule has 7 nitrogen and oxygen atoms in total. The van der Waals surface area contributed by atoms with Crippen LogP contribution in [0.4, 0.5) is 0 Å². The zero-order valence-corrected chi connectivity index (χ0v) is 17.2. The minimum atomic E-state index is -3.80. The lowest BCUT2D eigenvalue weighted by Gasteiger charge is -2.04. The number of nitrogens with two attached hydrogens (primary N) is 1. The number of aromatic nitrogens is 1. The topological polar surface area (TPSA) is 104 Å². The smallest absolute Gasteiger partial charge is 0.279 e. The van der Waals surface area contributed by atoms with Crippen LogP contribution in [0.25, 0.3) is 10.2 Å². The van der Waals surface area contributed by atoms with E-state index in [4.69, 9.17) is 9.88 Å². The van der Waals surface area contributed by atoms with E-state index in [0.717, 1.165) is 11.9 Å². The predicted molar refractivity (Wildman–Crippen MR) is 109 cm³/mol. The highest BCUT2D eigenvalue weighted by Crippen LogP contribution is 2.22. The van der Waals surface area contributed by atoms with Crippen molar-refractivity contribution in [1.29, 1.82) is 0 Å². The van der Waals surface area contributed by atoms with E-state index in [1.54, 1.807) is 30.3 Å². The molecule has 0 radical (unpaired) electrons. The quantitative estimate of drug-likeness (QED) is 0.663. The Labute approximate surface area is 167 Å². The molecule has 28 heavy (non-hydrogen) atoms. The van der Waals surface area contributed by atoms with Gasteiger partial charge in [-0.2, -0.15) is 4.99 Å². The molecular formula is C19H21N3O4S2. The first kappa shape index (κ1) is 20.2. The van der Waals surface area contributed by atoms with E-state index in [9.17, 15) is 13.2 Å². The molecule has 1 heterocycles. The molecule has 0 unspecified atom stereocenters. The first-order chi connectivity index (χ1) is 13.3. The number of benzene rings is 2. The lowest BCUT2D eigenvalue weighted by molar-refractivity contribution is 0.0997. The van der Waals surface area contributed by atoms with Gasteiger partial charge < -0.3 is 9.30 Å². The maximum Gasteiger partial charge on any atom is 0.279 e. The van der Waals surface area contributed by atoms with Crippen LogP contribution in [-0.4, -0.2) is 25.5 Å². The predicted octanol–water partition coefficient (Wildman–Crippen LogP) is 2.90. The highest BCUT2D eigenvalue weighted by molar-refractivity contribution is 7.89. The normalized spacial score (nSPS) is 12.5. The zero-order valence-electron chi connectivity index (χ0n) is 15.6. The van der Waals surface area contributed by atoms with Gasteiger partial charge in [0.05, 0.1) is 21.7 Å². The van der Waals surface area contributed by atoms with Crippen LogP contribution in [0.5, 0.6) is 5.75 Å². The standard InChI is InChI=1S/C19H21N3O4S2/c1-3-11-22-16-10-9-15(28(20,24)25)12-17(16)27-19(22)21-18(23)13-5-7-14(8-6-13)26-4-2/h5-10,12H,3-4,11H2,1-2H3,(H2,20,24,25). The van der Waals surface area contributed by atoms with Gasteiger partial charge in [-0.3, -0.25) is 4.79 Å². The Morgan fingerprint density at radius 3 is 2.50 bits per heavy atom. The number of hydrogen-bond acceptors (Lipinski definition) is 5. The van der Waals surface area contributed by atoms with E-state index < -0.39 is 10.0 Å². The Bertz CT molecular complexity index is 1180. The fourth-order valence-electron chi connectivity index (χ4n) is 2.77. The minimum Gasteiger partial charge on any atom is -0.494 e. The van der Waals surface area contributed by atoms with Crippen LogP contribution in [0.2, 0.25) is 0 Å². The Morgan fingerprint density at radius 2 is 1.89 bits per heavy atom. The number of carbonyl (C=O) groups excluding carboxylic acids is 1. The number of carbonyl (C=O) groups is 1. The Balaban J connectivity index is 2.07. The Morgan fingerprint density at radius 1 is 1.18 bits per heavy atom. The minimum absolute atomic E-state index is 0.0364. The molecule has 3 aromatic rings. The number of nitrogens with zero attached hydrogens (tertiary/aromatic N) is 2. The van der Waals surface area contributed by atoms with Gasteiger partial charge in [-0.15, -0.1) is 0 Å². The summed E-state index contributed by atoms with van der Waals surface area (Å²) in [5.74, 6) is 0.323. The summed E-state index contributed by atoms with van der Waals surface area (Å²) in [7, 11) is -3.80. The van der Waals surface area contributed by atoms with Crippen LogP contribution in [0.15, 0.2) is 52.4 Å². The van der Waals surface area contributed by atoms with Crippen molar-refractivity contribution < 1.29 is 17.9 Å². The summed E-state index contributed by atoms with van der Waals surface area (Å²) >= 11 is 1.26. The molecule has 0 fully saturated rings. The van der Waals surface area contributed by atoms with Crippen molar-refractivity contribution in [2.75, 3.05) is 6.61 Å². The number of amides is 1. The first-order valence-corrected chi connectivity index (χ1v) is 11.2. The first-order valence-electron chi connectivity index (χ1n) is 8.81. The van der Waals surface area contributed by atoms with Crippen LogP contribution < -0.4 is 14.7 Å². The van der Waals surface area contributed by atoms with Crippen LogP contribution in [0.3, 0.4) is 0 Å². The zero-order chi connectivity index (χ0) is 20.3. The largest absolute Gasteiger partial charge is 0.494 e. The molecule has 9 heteroatoms. The molecular weight excluding hydrogens is 398 g/mol. The number of rotatable bonds is 6. The fraction of sp³-hybridized carbons (Fsp3) is 0.263. The van der Waals surface area contributed by atoms with Gasteiger partial charge in [0.1, 0.15) is 5.75 Å². The third-order valence-corrected chi connectivity index (χ3v) is 5.99. The molecule has 3 rings (SSSR count). The highest BCUT2D eigenvalue weighted by atomic mass is 32.2. The molecule has 0 aliphatic heterocycles. The molecule has 2 aromatic carbocycles. The number of aryl methyl sites for hydroxylation is 1. The maximum absolute atomic E-state index is 12.6. The summed E-state index contributed by atoms with van der Waals surface area (Å²) < 4.78 is 31.2. The molecule has 1 aromatic heterocycles. The van der Waals surface area contributed by atoms with Crippen molar-refractivity contribution >= 4 is 37.5 Å². The van der Waals surface area contributed by atoms with Crippen LogP contribution >= 0.6 is 11.3 Å². The number of hydrogen-bond donors (Lipinski definition) is 1. The van der Waals surface area contributed by atoms with Crippen LogP contribution in [-0.2, 0) is 16.6 Å². The SMILES string of the molecule is CCCn1c(=NC(=O)c2ccc(OCC)cc2)sc2cc(S(N)(=O)=O)ccc21. The van der Waals surface area contributed by atoms with Gasteiger partial charge in [0.15, 0.2) is 4.80 Å². The van der Waals surface area contributed by atoms with Gasteiger partial charge >= 0.3 is 0 Å². The monoisotopic (exact) mass is 419 g/mol. The van der Waals surface area contributed by atoms with Gasteiger partial charge in [0.25, 0.3) is 5.91 Å². The van der Waals surface area contributed by atoms with Crippen LogP contribution in [0, 0.1) is 0 Å². The second kappa shape index (κ2) is 8.26. The third-order valence-electron chi connectivity index (χ3n) is 4.04. The second-order valence-electron chi connectivity index (χ2n) is 6.09. The van der Waals surface area contributed by atoms with Crippen molar-refractivity contribution in [1.82, 2.24) is 4.57 Å². The molecule has 0 aliphatic carbocycles. The number of ether oxygens (including phenoxy) is 1. The molecule has 0 saturated heterocycles. The van der Waals surface area contributed by atoms with E-state index in [1.165, 1.54) is 23.5 Å². The molecule has 148 valence electrons. The summed E-state index contributed by atoms with van der Waals surface area (Å²) in [5, 5.41) is 5.22. The van der Waals surface area contributed by atoms with Crippen molar-refractivity contribution in [3.8, 4) is 5.75 Å². The molecule has 2 N–H and O–H groups in total. The van der Waals surface area contributed by atoms with E-state index >= 15 is 0 Å². The van der Waals surface area contributed by atoms with Crippen LogP contribution in [0.1, 0.15) is 30.6 Å². The lowest BCUT2D eigenvalue weighted by atomic mass is 10.2. The maximum atomic E-state index is 12.6. The number of thiazole rings is 1.